The van der Waals surface area contributed by atoms with Crippen LogP contribution in [-0.2, 0) is 32.1 Å². The molecule has 59 heavy (non-hydrogen) atoms. The van der Waals surface area contributed by atoms with Crippen LogP contribution in [0.2, 0.25) is 0 Å². The number of halogens is 3. The summed E-state index contributed by atoms with van der Waals surface area (Å²) in [4.78, 5) is 42.7. The molecule has 2 aliphatic rings. The van der Waals surface area contributed by atoms with E-state index in [-0.39, 0.29) is 31.4 Å². The van der Waals surface area contributed by atoms with Crippen molar-refractivity contribution in [2.75, 3.05) is 39.3 Å². The Morgan fingerprint density at radius 1 is 0.780 bits per heavy atom. The summed E-state index contributed by atoms with van der Waals surface area (Å²) < 4.78 is 39.5. The van der Waals surface area contributed by atoms with Gasteiger partial charge in [-0.05, 0) is 47.6 Å². The number of imidazole rings is 2. The fourth-order valence-corrected chi connectivity index (χ4v) is 6.69. The summed E-state index contributed by atoms with van der Waals surface area (Å²) in [6.45, 7) is 7.39. The summed E-state index contributed by atoms with van der Waals surface area (Å²) in [7, 11) is 0. The number of nitrogens with zero attached hydrogens (tertiary/aromatic N) is 8. The molecule has 18 heteroatoms. The average molecular weight is 819 g/mol. The lowest BCUT2D eigenvalue weighted by molar-refractivity contribution is -0.138. The molecule has 0 saturated carbocycles. The van der Waals surface area contributed by atoms with Crippen molar-refractivity contribution in [1.82, 2.24) is 43.9 Å². The number of aliphatic hydroxyl groups excluding tert-OH is 2. The van der Waals surface area contributed by atoms with Crippen molar-refractivity contribution in [3.63, 3.8) is 0 Å². The molecule has 0 saturated heterocycles. The quantitative estimate of drug-likeness (QED) is 0.142. The van der Waals surface area contributed by atoms with Gasteiger partial charge in [0.15, 0.2) is 5.69 Å². The van der Waals surface area contributed by atoms with E-state index >= 15 is 0 Å². The van der Waals surface area contributed by atoms with E-state index in [1.807, 2.05) is 19.2 Å². The van der Waals surface area contributed by atoms with Gasteiger partial charge in [-0.1, -0.05) is 56.0 Å². The highest BCUT2D eigenvalue weighted by Crippen LogP contribution is 2.28. The van der Waals surface area contributed by atoms with Crippen LogP contribution >= 0.6 is 0 Å². The van der Waals surface area contributed by atoms with Crippen molar-refractivity contribution in [1.29, 1.82) is 0 Å². The van der Waals surface area contributed by atoms with Gasteiger partial charge in [0.1, 0.15) is 5.69 Å². The van der Waals surface area contributed by atoms with E-state index in [9.17, 15) is 33.0 Å². The highest BCUT2D eigenvalue weighted by atomic mass is 19.4. The molecule has 15 nitrogen and oxygen atoms in total. The van der Waals surface area contributed by atoms with Crippen LogP contribution in [0.15, 0.2) is 85.7 Å². The number of carbonyl (C=O) groups excluding carboxylic acids is 1. The molecule has 0 bridgehead atoms. The number of benzene rings is 2. The number of aryl methyl sites for hydroxylation is 1. The second-order valence-corrected chi connectivity index (χ2v) is 14.2. The Hall–Kier alpha value is -5.79. The van der Waals surface area contributed by atoms with Gasteiger partial charge in [0.05, 0.1) is 17.8 Å². The predicted octanol–water partition coefficient (Wildman–Crippen LogP) is 3.63. The third-order valence-electron chi connectivity index (χ3n) is 9.66. The predicted molar refractivity (Wildman–Crippen MR) is 214 cm³/mol. The van der Waals surface area contributed by atoms with Gasteiger partial charge in [-0.25, -0.2) is 24.7 Å². The Morgan fingerprint density at radius 3 is 1.85 bits per heavy atom. The summed E-state index contributed by atoms with van der Waals surface area (Å²) in [6.07, 6.45) is 4.07. The minimum atomic E-state index is -4.52. The zero-order valence-electron chi connectivity index (χ0n) is 31.8. The molecule has 314 valence electrons. The molecule has 0 aliphatic carbocycles. The molecule has 2 aliphatic heterocycles. The maximum Gasteiger partial charge on any atom is 0.419 e. The second kappa shape index (κ2) is 19.8. The molecular formula is C41H49F3N10O5. The molecule has 0 fully saturated rings. The van der Waals surface area contributed by atoms with Gasteiger partial charge in [-0.3, -0.25) is 23.4 Å². The molecule has 0 unspecified atom stereocenters. The van der Waals surface area contributed by atoms with Gasteiger partial charge in [-0.2, -0.15) is 13.2 Å². The van der Waals surface area contributed by atoms with E-state index in [0.29, 0.717) is 37.3 Å². The van der Waals surface area contributed by atoms with Crippen molar-refractivity contribution in [3.05, 3.63) is 130 Å². The molecule has 0 radical (unpaired) electrons. The normalized spacial score (nSPS) is 15.0. The molecule has 6 heterocycles. The van der Waals surface area contributed by atoms with Crippen LogP contribution in [0.1, 0.15) is 61.8 Å². The monoisotopic (exact) mass is 818 g/mol. The Labute approximate surface area is 339 Å². The number of aromatic carboxylic acids is 1. The fourth-order valence-electron chi connectivity index (χ4n) is 6.69. The number of aromatic nitrogens is 6. The van der Waals surface area contributed by atoms with E-state index in [1.165, 1.54) is 22.3 Å². The number of carbonyl (C=O) groups is 2. The number of hydrogen-bond acceptors (Lipinski definition) is 11. The van der Waals surface area contributed by atoms with Crippen molar-refractivity contribution in [3.8, 4) is 0 Å². The number of nitrogens with two attached hydrogens (primary N) is 1. The van der Waals surface area contributed by atoms with Gasteiger partial charge in [0, 0.05) is 89.5 Å². The average Bonchev–Trinajstić information content (AvgIpc) is 3.84. The highest BCUT2D eigenvalue weighted by Gasteiger charge is 2.31. The van der Waals surface area contributed by atoms with Gasteiger partial charge in [0.25, 0.3) is 5.91 Å². The summed E-state index contributed by atoms with van der Waals surface area (Å²) in [6, 6.07) is 16.9. The smallest absolute Gasteiger partial charge is 0.419 e. The lowest BCUT2D eigenvalue weighted by Crippen LogP contribution is -2.42. The standard InChI is InChI=1S/C20H23N5O2.C12H18N2O.C8H4F3N3O2.CH4/c1-14-8-22-20-23-18(13-25(20)10-14)19(27)21-9-17(26)12-24-7-6-15-4-2-3-5-16(15)11-24;13-7-12(15)9-14-6-5-10-3-1-2-4-11(10)8-14;9-8(10,11)4-1-12-7-13-5(6(15)16)3-14(7)2-4;/h2-5,8,10,13,17,26H,6-7,9,11-12H2,1H3,(H,21,27);1-4,12,15H,5-9,13H2;1-3H,(H,15,16);1H4/t17-;12-;;/m00../s1. The second-order valence-electron chi connectivity index (χ2n) is 14.2. The molecular weight excluding hydrogens is 770 g/mol. The minimum Gasteiger partial charge on any atom is -0.476 e. The third kappa shape index (κ3) is 11.9. The first-order valence-electron chi connectivity index (χ1n) is 18.6. The van der Waals surface area contributed by atoms with Crippen molar-refractivity contribution >= 4 is 23.4 Å². The third-order valence-corrected chi connectivity index (χ3v) is 9.66. The van der Waals surface area contributed by atoms with Gasteiger partial charge in [-0.15, -0.1) is 0 Å². The maximum absolute atomic E-state index is 12.3. The summed E-state index contributed by atoms with van der Waals surface area (Å²) >= 11 is 0. The summed E-state index contributed by atoms with van der Waals surface area (Å²) in [5.41, 5.74) is 10.9. The number of alkyl halides is 3. The number of rotatable bonds is 9. The van der Waals surface area contributed by atoms with Crippen molar-refractivity contribution in [2.45, 2.75) is 58.7 Å². The number of β-amino-alcohol motifs (C(OH)–C–C–N with tert-alkyl or cyclic N) is 2. The molecule has 6 aromatic rings. The largest absolute Gasteiger partial charge is 0.476 e. The zero-order chi connectivity index (χ0) is 41.4. The van der Waals surface area contributed by atoms with Crippen molar-refractivity contribution < 1.29 is 38.1 Å². The Balaban J connectivity index is 0.000000178. The lowest BCUT2D eigenvalue weighted by atomic mass is 10.00. The number of nitrogens with one attached hydrogen (secondary N) is 1. The van der Waals surface area contributed by atoms with Gasteiger partial charge in [0.2, 0.25) is 11.6 Å². The van der Waals surface area contributed by atoms with Crippen LogP contribution in [0.25, 0.3) is 11.6 Å². The van der Waals surface area contributed by atoms with Gasteiger partial charge >= 0.3 is 12.1 Å². The van der Waals surface area contributed by atoms with E-state index < -0.39 is 29.9 Å². The molecule has 2 aromatic carbocycles. The van der Waals surface area contributed by atoms with Crippen LogP contribution in [0.3, 0.4) is 0 Å². The number of carboxylic acids is 1. The van der Waals surface area contributed by atoms with Crippen LogP contribution < -0.4 is 11.1 Å². The first-order valence-corrected chi connectivity index (χ1v) is 18.6. The maximum atomic E-state index is 12.3. The molecule has 1 amide bonds. The zero-order valence-corrected chi connectivity index (χ0v) is 31.8. The van der Waals surface area contributed by atoms with E-state index in [1.54, 1.807) is 16.8 Å². The Kier molecular flexibility index (Phi) is 14.9. The van der Waals surface area contributed by atoms with Crippen LogP contribution in [-0.4, -0.2) is 117 Å². The molecule has 8 rings (SSSR count). The van der Waals surface area contributed by atoms with Crippen LogP contribution in [0.4, 0.5) is 13.2 Å². The fraction of sp³-hybridized carbons (Fsp3) is 0.366. The van der Waals surface area contributed by atoms with E-state index in [0.717, 1.165) is 61.4 Å². The van der Waals surface area contributed by atoms with Crippen LogP contribution in [0.5, 0.6) is 0 Å². The summed E-state index contributed by atoms with van der Waals surface area (Å²) in [5.74, 6) is -1.23. The first kappa shape index (κ1) is 44.3. The van der Waals surface area contributed by atoms with Crippen molar-refractivity contribution in [2.24, 2.45) is 5.73 Å². The Morgan fingerprint density at radius 2 is 1.29 bits per heavy atom. The topological polar surface area (TPSA) is 200 Å². The summed E-state index contributed by atoms with van der Waals surface area (Å²) in [5, 5.41) is 31.2. The molecule has 6 N–H and O–H groups in total. The van der Waals surface area contributed by atoms with E-state index in [4.69, 9.17) is 10.8 Å². The van der Waals surface area contributed by atoms with Gasteiger partial charge < -0.3 is 26.4 Å². The minimum absolute atomic E-state index is 0. The first-order chi connectivity index (χ1) is 27.7. The lowest BCUT2D eigenvalue weighted by Gasteiger charge is -2.30. The number of amides is 1. The number of fused-ring (bicyclic) bond motifs is 4. The Bertz CT molecular complexity index is 2350. The molecule has 2 atom stereocenters. The molecule has 4 aromatic heterocycles. The van der Waals surface area contributed by atoms with Crippen LogP contribution in [0, 0.1) is 6.92 Å². The molecule has 0 spiro atoms. The number of aliphatic hydroxyl groups is 2. The SMILES string of the molecule is C.Cc1cnc2nc(C(=O)NC[C@H](O)CN3CCc4ccccc4C3)cn2c1.NC[C@H](O)CN1CCc2ccccc2C1.O=C(O)c1cn2cc(C(F)(F)F)cnc2n1. The number of carboxylic acid groups (broad SMARTS) is 1. The van der Waals surface area contributed by atoms with E-state index in [2.05, 4.69) is 77.5 Å². The highest BCUT2D eigenvalue weighted by molar-refractivity contribution is 5.92. The number of hydrogen-bond donors (Lipinski definition) is 5.